The summed E-state index contributed by atoms with van der Waals surface area (Å²) in [6.07, 6.45) is 0. The first-order chi connectivity index (χ1) is 8.66. The molecule has 0 spiro atoms. The Morgan fingerprint density at radius 2 is 2.00 bits per heavy atom. The van der Waals surface area contributed by atoms with Gasteiger partial charge in [-0.15, -0.1) is 0 Å². The van der Waals surface area contributed by atoms with Crippen molar-refractivity contribution in [2.75, 3.05) is 0 Å². The van der Waals surface area contributed by atoms with Crippen molar-refractivity contribution in [3.05, 3.63) is 33.8 Å². The second-order valence-corrected chi connectivity index (χ2v) is 6.13. The fourth-order valence-corrected chi connectivity index (χ4v) is 2.08. The van der Waals surface area contributed by atoms with E-state index in [-0.39, 0.29) is 16.9 Å². The first-order valence-corrected chi connectivity index (χ1v) is 6.88. The Morgan fingerprint density at radius 1 is 1.42 bits per heavy atom. The van der Waals surface area contributed by atoms with Gasteiger partial charge in [0.2, 0.25) is 5.91 Å². The second-order valence-electron chi connectivity index (χ2n) is 4.85. The highest BCUT2D eigenvalue weighted by atomic mass is 35.5. The minimum Gasteiger partial charge on any atom is -0.392 e. The molecule has 1 aromatic carbocycles. The summed E-state index contributed by atoms with van der Waals surface area (Å²) in [5, 5.41) is 3.90. The van der Waals surface area contributed by atoms with Gasteiger partial charge in [0.25, 0.3) is 0 Å². The third kappa shape index (κ3) is 3.81. The van der Waals surface area contributed by atoms with Gasteiger partial charge in [-0.1, -0.05) is 41.5 Å². The topological polar surface area (TPSA) is 55.1 Å². The normalized spacial score (nSPS) is 12.9. The van der Waals surface area contributed by atoms with Gasteiger partial charge in [0.1, 0.15) is 0 Å². The van der Waals surface area contributed by atoms with E-state index >= 15 is 0 Å². The number of nitrogens with one attached hydrogen (secondary N) is 1. The lowest BCUT2D eigenvalue weighted by Crippen LogP contribution is -2.45. The number of amides is 1. The van der Waals surface area contributed by atoms with Crippen molar-refractivity contribution in [2.45, 2.75) is 26.8 Å². The van der Waals surface area contributed by atoms with Crippen LogP contribution in [0.1, 0.15) is 32.4 Å². The van der Waals surface area contributed by atoms with Crippen LogP contribution in [0.15, 0.2) is 18.2 Å². The Bertz CT molecular complexity index is 517. The third-order valence-corrected chi connectivity index (χ3v) is 4.03. The number of thiocarbonyl (C=S) groups is 1. The molecule has 0 bridgehead atoms. The molecule has 0 aromatic heterocycles. The smallest absolute Gasteiger partial charge is 0.232 e. The molecule has 1 atom stereocenters. The maximum atomic E-state index is 12.1. The molecular formula is C13H16Cl2N2OS. The van der Waals surface area contributed by atoms with Crippen LogP contribution < -0.4 is 11.1 Å². The van der Waals surface area contributed by atoms with Gasteiger partial charge < -0.3 is 11.1 Å². The summed E-state index contributed by atoms with van der Waals surface area (Å²) in [4.78, 5) is 12.3. The molecule has 0 aliphatic carbocycles. The van der Waals surface area contributed by atoms with Gasteiger partial charge in [-0.25, -0.2) is 0 Å². The highest BCUT2D eigenvalue weighted by Crippen LogP contribution is 2.27. The van der Waals surface area contributed by atoms with E-state index in [2.05, 4.69) is 5.32 Å². The highest BCUT2D eigenvalue weighted by Gasteiger charge is 2.32. The van der Waals surface area contributed by atoms with E-state index < -0.39 is 5.41 Å². The zero-order chi connectivity index (χ0) is 14.8. The summed E-state index contributed by atoms with van der Waals surface area (Å²) in [7, 11) is 0. The number of hydrogen-bond acceptors (Lipinski definition) is 2. The van der Waals surface area contributed by atoms with Crippen molar-refractivity contribution in [2.24, 2.45) is 11.1 Å². The van der Waals surface area contributed by atoms with Crippen LogP contribution in [0.25, 0.3) is 0 Å². The number of hydrogen-bond donors (Lipinski definition) is 2. The molecule has 6 heteroatoms. The van der Waals surface area contributed by atoms with Gasteiger partial charge in [-0.3, -0.25) is 4.79 Å². The molecule has 0 heterocycles. The summed E-state index contributed by atoms with van der Waals surface area (Å²) in [5.41, 5.74) is 5.45. The van der Waals surface area contributed by atoms with Crippen molar-refractivity contribution < 1.29 is 4.79 Å². The Kier molecular flexibility index (Phi) is 5.18. The zero-order valence-electron chi connectivity index (χ0n) is 11.0. The molecule has 1 aromatic rings. The Balaban J connectivity index is 2.88. The zero-order valence-corrected chi connectivity index (χ0v) is 13.3. The van der Waals surface area contributed by atoms with Crippen LogP contribution in [-0.2, 0) is 4.79 Å². The first-order valence-electron chi connectivity index (χ1n) is 5.72. The first kappa shape index (κ1) is 16.2. The largest absolute Gasteiger partial charge is 0.392 e. The van der Waals surface area contributed by atoms with Crippen LogP contribution >= 0.6 is 35.4 Å². The number of rotatable bonds is 4. The molecule has 19 heavy (non-hydrogen) atoms. The minimum atomic E-state index is -0.900. The van der Waals surface area contributed by atoms with Crippen LogP contribution in [0.3, 0.4) is 0 Å². The van der Waals surface area contributed by atoms with Crippen LogP contribution in [0.4, 0.5) is 0 Å². The minimum absolute atomic E-state index is 0.152. The maximum absolute atomic E-state index is 12.1. The third-order valence-electron chi connectivity index (χ3n) is 2.96. The Morgan fingerprint density at radius 3 is 2.47 bits per heavy atom. The standard InChI is InChI=1S/C13H16Cl2N2OS/c1-7(9-5-4-8(14)6-10(9)15)17-12(18)13(2,3)11(16)19/h4-7H,1-3H3,(H2,16,19)(H,17,18). The monoisotopic (exact) mass is 318 g/mol. The Labute approximate surface area is 128 Å². The fraction of sp³-hybridized carbons (Fsp3) is 0.385. The van der Waals surface area contributed by atoms with E-state index in [9.17, 15) is 4.79 Å². The number of benzene rings is 1. The number of carbonyl (C=O) groups is 1. The average Bonchev–Trinajstić information content (AvgIpc) is 2.28. The molecule has 3 nitrogen and oxygen atoms in total. The molecule has 3 N–H and O–H groups in total. The molecular weight excluding hydrogens is 303 g/mol. The second kappa shape index (κ2) is 6.07. The molecule has 1 rings (SSSR count). The molecule has 0 saturated carbocycles. The van der Waals surface area contributed by atoms with E-state index in [1.165, 1.54) is 0 Å². The SMILES string of the molecule is CC(NC(=O)C(C)(C)C(N)=S)c1ccc(Cl)cc1Cl. The number of carbonyl (C=O) groups excluding carboxylic acids is 1. The van der Waals surface area contributed by atoms with Crippen LogP contribution in [0.2, 0.25) is 10.0 Å². The predicted octanol–water partition coefficient (Wildman–Crippen LogP) is 3.48. The van der Waals surface area contributed by atoms with Crippen LogP contribution in [0.5, 0.6) is 0 Å². The van der Waals surface area contributed by atoms with Gasteiger partial charge in [-0.05, 0) is 38.5 Å². The molecule has 104 valence electrons. The molecule has 0 radical (unpaired) electrons. The van der Waals surface area contributed by atoms with E-state index in [0.29, 0.717) is 10.0 Å². The van der Waals surface area contributed by atoms with Gasteiger partial charge >= 0.3 is 0 Å². The number of nitrogens with two attached hydrogens (primary N) is 1. The summed E-state index contributed by atoms with van der Waals surface area (Å²) in [5.74, 6) is -0.237. The molecule has 1 amide bonds. The molecule has 0 aliphatic rings. The summed E-state index contributed by atoms with van der Waals surface area (Å²) in [6.45, 7) is 5.20. The maximum Gasteiger partial charge on any atom is 0.232 e. The molecule has 0 aliphatic heterocycles. The lowest BCUT2D eigenvalue weighted by Gasteiger charge is -2.25. The molecule has 0 fully saturated rings. The van der Waals surface area contributed by atoms with E-state index in [4.69, 9.17) is 41.2 Å². The van der Waals surface area contributed by atoms with Crippen LogP contribution in [0, 0.1) is 5.41 Å². The lowest BCUT2D eigenvalue weighted by molar-refractivity contribution is -0.126. The summed E-state index contributed by atoms with van der Waals surface area (Å²) < 4.78 is 0. The molecule has 0 saturated heterocycles. The van der Waals surface area contributed by atoms with E-state index in [0.717, 1.165) is 5.56 Å². The van der Waals surface area contributed by atoms with Gasteiger partial charge in [-0.2, -0.15) is 0 Å². The van der Waals surface area contributed by atoms with E-state index in [1.54, 1.807) is 32.0 Å². The summed E-state index contributed by atoms with van der Waals surface area (Å²) >= 11 is 16.8. The van der Waals surface area contributed by atoms with Gasteiger partial charge in [0.15, 0.2) is 0 Å². The fourth-order valence-electron chi connectivity index (χ4n) is 1.42. The van der Waals surface area contributed by atoms with Crippen molar-refractivity contribution in [1.29, 1.82) is 0 Å². The molecule has 1 unspecified atom stereocenters. The number of halogens is 2. The van der Waals surface area contributed by atoms with Crippen molar-refractivity contribution in [3.63, 3.8) is 0 Å². The van der Waals surface area contributed by atoms with Crippen LogP contribution in [-0.4, -0.2) is 10.9 Å². The lowest BCUT2D eigenvalue weighted by atomic mass is 9.91. The summed E-state index contributed by atoms with van der Waals surface area (Å²) in [6, 6.07) is 4.89. The Hall–Kier alpha value is -0.840. The van der Waals surface area contributed by atoms with E-state index in [1.807, 2.05) is 6.92 Å². The predicted molar refractivity (Wildman–Crippen MR) is 83.6 cm³/mol. The van der Waals surface area contributed by atoms with Gasteiger partial charge in [0.05, 0.1) is 16.4 Å². The highest BCUT2D eigenvalue weighted by molar-refractivity contribution is 7.80. The van der Waals surface area contributed by atoms with Crippen molar-refractivity contribution in [1.82, 2.24) is 5.32 Å². The van der Waals surface area contributed by atoms with Crippen molar-refractivity contribution >= 4 is 46.3 Å². The average molecular weight is 319 g/mol. The quantitative estimate of drug-likeness (QED) is 0.835. The van der Waals surface area contributed by atoms with Crippen molar-refractivity contribution in [3.8, 4) is 0 Å². The van der Waals surface area contributed by atoms with Gasteiger partial charge in [0, 0.05) is 10.0 Å².